The number of fused-ring (bicyclic) bond motifs is 1. The van der Waals surface area contributed by atoms with Crippen LogP contribution < -0.4 is 26.4 Å². The van der Waals surface area contributed by atoms with Gasteiger partial charge in [-0.25, -0.2) is 9.97 Å². The van der Waals surface area contributed by atoms with E-state index in [9.17, 15) is 0 Å². The number of nitrogens with zero attached hydrogens (tertiary/aromatic N) is 5. The van der Waals surface area contributed by atoms with Crippen LogP contribution in [0.3, 0.4) is 0 Å². The standard InChI is InChI=1S/C27H28N8O/c28-11-15-30-21-4-3-5-22(19-21)34(17-12-29)27-32-14-9-26(33-27)36-23-7-8-24-20(18-23)10-16-35(24)25-6-1-2-13-31-25/h1-10,13-14,16,18-19,30H,11-12,15,17,28-29H2. The first-order valence-electron chi connectivity index (χ1n) is 11.8. The number of aromatic nitrogens is 4. The Hall–Kier alpha value is -4.47. The van der Waals surface area contributed by atoms with Crippen LogP contribution in [0.1, 0.15) is 0 Å². The monoisotopic (exact) mass is 480 g/mol. The zero-order chi connectivity index (χ0) is 24.7. The van der Waals surface area contributed by atoms with Crippen molar-refractivity contribution in [3.63, 3.8) is 0 Å². The summed E-state index contributed by atoms with van der Waals surface area (Å²) in [5.41, 5.74) is 14.5. The Morgan fingerprint density at radius 3 is 2.67 bits per heavy atom. The molecule has 5 N–H and O–H groups in total. The average molecular weight is 481 g/mol. The van der Waals surface area contributed by atoms with Crippen molar-refractivity contribution in [1.29, 1.82) is 0 Å². The number of benzene rings is 2. The van der Waals surface area contributed by atoms with E-state index in [0.717, 1.165) is 28.1 Å². The summed E-state index contributed by atoms with van der Waals surface area (Å²) in [6.07, 6.45) is 5.47. The Labute approximate surface area is 209 Å². The molecule has 3 aromatic heterocycles. The predicted octanol–water partition coefficient (Wildman–Crippen LogP) is 4.08. The summed E-state index contributed by atoms with van der Waals surface area (Å²) in [6, 6.07) is 23.6. The highest BCUT2D eigenvalue weighted by atomic mass is 16.5. The lowest BCUT2D eigenvalue weighted by atomic mass is 10.2. The number of nitrogens with two attached hydrogens (primary N) is 2. The van der Waals surface area contributed by atoms with Gasteiger partial charge >= 0.3 is 0 Å². The van der Waals surface area contributed by atoms with Crippen LogP contribution in [0, 0.1) is 0 Å². The lowest BCUT2D eigenvalue weighted by Crippen LogP contribution is -2.26. The number of hydrogen-bond acceptors (Lipinski definition) is 8. The molecule has 0 spiro atoms. The normalized spacial score (nSPS) is 10.9. The Morgan fingerprint density at radius 2 is 1.83 bits per heavy atom. The van der Waals surface area contributed by atoms with Crippen molar-refractivity contribution in [2.24, 2.45) is 11.5 Å². The first kappa shape index (κ1) is 23.3. The van der Waals surface area contributed by atoms with E-state index < -0.39 is 0 Å². The molecule has 0 saturated carbocycles. The first-order valence-corrected chi connectivity index (χ1v) is 11.8. The Bertz CT molecular complexity index is 1440. The molecule has 2 aromatic carbocycles. The lowest BCUT2D eigenvalue weighted by molar-refractivity contribution is 0.462. The fraction of sp³-hybridized carbons (Fsp3) is 0.148. The largest absolute Gasteiger partial charge is 0.439 e. The zero-order valence-corrected chi connectivity index (χ0v) is 19.8. The molecule has 0 radical (unpaired) electrons. The molecule has 0 aliphatic heterocycles. The molecule has 5 aromatic rings. The molecule has 0 aliphatic rings. The molecule has 0 bridgehead atoms. The molecule has 9 heteroatoms. The SMILES string of the molecule is NCCNc1cccc(N(CCN)c2nccc(Oc3ccc4c(ccn4-c4ccccn4)c3)n2)c1. The van der Waals surface area contributed by atoms with Crippen molar-refractivity contribution in [2.75, 3.05) is 36.4 Å². The van der Waals surface area contributed by atoms with Crippen molar-refractivity contribution >= 4 is 28.2 Å². The van der Waals surface area contributed by atoms with Gasteiger partial charge in [-0.15, -0.1) is 0 Å². The maximum absolute atomic E-state index is 6.12. The van der Waals surface area contributed by atoms with E-state index in [4.69, 9.17) is 16.2 Å². The highest BCUT2D eigenvalue weighted by Gasteiger charge is 2.14. The summed E-state index contributed by atoms with van der Waals surface area (Å²) < 4.78 is 8.17. The molecule has 9 nitrogen and oxygen atoms in total. The number of pyridine rings is 1. The van der Waals surface area contributed by atoms with Crippen LogP contribution in [0.25, 0.3) is 16.7 Å². The number of rotatable bonds is 10. The second kappa shape index (κ2) is 10.9. The third-order valence-corrected chi connectivity index (χ3v) is 5.62. The van der Waals surface area contributed by atoms with E-state index in [1.807, 2.05) is 82.4 Å². The van der Waals surface area contributed by atoms with Crippen molar-refractivity contribution in [3.05, 3.63) is 91.4 Å². The van der Waals surface area contributed by atoms with Crippen LogP contribution in [0.15, 0.2) is 91.4 Å². The van der Waals surface area contributed by atoms with Gasteiger partial charge in [0.25, 0.3) is 0 Å². The molecule has 5 rings (SSSR count). The van der Waals surface area contributed by atoms with E-state index in [-0.39, 0.29) is 0 Å². The van der Waals surface area contributed by atoms with Crippen molar-refractivity contribution in [1.82, 2.24) is 19.5 Å². The Balaban J connectivity index is 1.39. The number of nitrogens with one attached hydrogen (secondary N) is 1. The molecular formula is C27H28N8O. The molecule has 0 saturated heterocycles. The summed E-state index contributed by atoms with van der Waals surface area (Å²) in [6.45, 7) is 2.24. The molecule has 0 unspecified atom stereocenters. The van der Waals surface area contributed by atoms with Crippen LogP contribution >= 0.6 is 0 Å². The van der Waals surface area contributed by atoms with E-state index in [1.54, 1.807) is 18.5 Å². The van der Waals surface area contributed by atoms with Crippen LogP contribution in [0.5, 0.6) is 11.6 Å². The van der Waals surface area contributed by atoms with Gasteiger partial charge in [0.1, 0.15) is 11.6 Å². The molecule has 182 valence electrons. The molecule has 36 heavy (non-hydrogen) atoms. The summed E-state index contributed by atoms with van der Waals surface area (Å²) in [4.78, 5) is 15.6. The summed E-state index contributed by atoms with van der Waals surface area (Å²) in [5.74, 6) is 2.51. The van der Waals surface area contributed by atoms with Gasteiger partial charge in [0, 0.05) is 67.6 Å². The summed E-state index contributed by atoms with van der Waals surface area (Å²) in [5, 5.41) is 4.34. The van der Waals surface area contributed by atoms with Crippen LogP contribution in [0.2, 0.25) is 0 Å². The molecule has 0 aliphatic carbocycles. The van der Waals surface area contributed by atoms with Crippen molar-refractivity contribution < 1.29 is 4.74 Å². The van der Waals surface area contributed by atoms with Crippen LogP contribution in [-0.2, 0) is 0 Å². The second-order valence-corrected chi connectivity index (χ2v) is 8.10. The third kappa shape index (κ3) is 5.12. The molecule has 0 amide bonds. The number of ether oxygens (including phenoxy) is 1. The van der Waals surface area contributed by atoms with Crippen molar-refractivity contribution in [3.8, 4) is 17.4 Å². The van der Waals surface area contributed by atoms with E-state index in [2.05, 4.69) is 20.3 Å². The van der Waals surface area contributed by atoms with Gasteiger partial charge in [-0.05, 0) is 54.6 Å². The topological polar surface area (TPSA) is 120 Å². The Kier molecular flexibility index (Phi) is 7.02. The van der Waals surface area contributed by atoms with Crippen LogP contribution in [0.4, 0.5) is 17.3 Å². The minimum absolute atomic E-state index is 0.443. The van der Waals surface area contributed by atoms with Crippen molar-refractivity contribution in [2.45, 2.75) is 0 Å². The molecule has 0 atom stereocenters. The fourth-order valence-corrected chi connectivity index (χ4v) is 3.99. The van der Waals surface area contributed by atoms with Gasteiger partial charge in [-0.2, -0.15) is 4.98 Å². The van der Waals surface area contributed by atoms with Crippen LogP contribution in [-0.4, -0.2) is 45.7 Å². The maximum atomic E-state index is 6.12. The quantitative estimate of drug-likeness (QED) is 0.274. The minimum Gasteiger partial charge on any atom is -0.439 e. The number of anilines is 3. The molecular weight excluding hydrogens is 452 g/mol. The number of hydrogen-bond donors (Lipinski definition) is 3. The lowest BCUT2D eigenvalue weighted by Gasteiger charge is -2.23. The molecule has 3 heterocycles. The first-order chi connectivity index (χ1) is 17.7. The highest BCUT2D eigenvalue weighted by molar-refractivity contribution is 5.83. The maximum Gasteiger partial charge on any atom is 0.233 e. The van der Waals surface area contributed by atoms with Gasteiger partial charge in [0.2, 0.25) is 11.8 Å². The summed E-state index contributed by atoms with van der Waals surface area (Å²) in [7, 11) is 0. The predicted molar refractivity (Wildman–Crippen MR) is 143 cm³/mol. The van der Waals surface area contributed by atoms with E-state index in [0.29, 0.717) is 43.8 Å². The molecule has 0 fully saturated rings. The van der Waals surface area contributed by atoms with E-state index >= 15 is 0 Å². The summed E-state index contributed by atoms with van der Waals surface area (Å²) >= 11 is 0. The fourth-order valence-electron chi connectivity index (χ4n) is 3.99. The smallest absolute Gasteiger partial charge is 0.233 e. The van der Waals surface area contributed by atoms with Gasteiger partial charge < -0.3 is 31.0 Å². The Morgan fingerprint density at radius 1 is 0.889 bits per heavy atom. The van der Waals surface area contributed by atoms with Gasteiger partial charge in [-0.3, -0.25) is 0 Å². The zero-order valence-electron chi connectivity index (χ0n) is 19.8. The highest BCUT2D eigenvalue weighted by Crippen LogP contribution is 2.29. The second-order valence-electron chi connectivity index (χ2n) is 8.10. The third-order valence-electron chi connectivity index (χ3n) is 5.62. The minimum atomic E-state index is 0.443. The average Bonchev–Trinajstić information content (AvgIpc) is 3.35. The van der Waals surface area contributed by atoms with Gasteiger partial charge in [0.05, 0.1) is 5.52 Å². The van der Waals surface area contributed by atoms with Gasteiger partial charge in [-0.1, -0.05) is 12.1 Å². The van der Waals surface area contributed by atoms with Gasteiger partial charge in [0.15, 0.2) is 0 Å². The van der Waals surface area contributed by atoms with E-state index in [1.165, 1.54) is 0 Å².